The maximum atomic E-state index is 10.1. The lowest BCUT2D eigenvalue weighted by Gasteiger charge is -2.45. The van der Waals surface area contributed by atoms with Gasteiger partial charge >= 0.3 is 0 Å². The first-order chi connectivity index (χ1) is 9.73. The first kappa shape index (κ1) is 14.5. The second-order valence-electron chi connectivity index (χ2n) is 6.06. The van der Waals surface area contributed by atoms with Gasteiger partial charge in [-0.25, -0.2) is 0 Å². The molecule has 1 unspecified atom stereocenters. The fraction of sp³-hybridized carbons (Fsp3) is 0.625. The van der Waals surface area contributed by atoms with Gasteiger partial charge in [0.05, 0.1) is 6.61 Å². The second kappa shape index (κ2) is 6.14. The van der Waals surface area contributed by atoms with E-state index < -0.39 is 0 Å². The second-order valence-corrected chi connectivity index (χ2v) is 6.98. The first-order valence-corrected chi connectivity index (χ1v) is 8.37. The molecule has 1 aromatic rings. The fourth-order valence-corrected chi connectivity index (χ4v) is 4.04. The van der Waals surface area contributed by atoms with Crippen LogP contribution in [0.2, 0.25) is 0 Å². The van der Waals surface area contributed by atoms with Gasteiger partial charge in [0, 0.05) is 29.6 Å². The summed E-state index contributed by atoms with van der Waals surface area (Å²) < 4.78 is 1.16. The van der Waals surface area contributed by atoms with E-state index in [1.54, 1.807) is 0 Å². The summed E-state index contributed by atoms with van der Waals surface area (Å²) in [6.45, 7) is 4.55. The molecule has 1 aliphatic heterocycles. The number of aliphatic hydroxyl groups excluding tert-OH is 1. The molecule has 110 valence electrons. The SMILES string of the molecule is OCC1(N2CCCNCC2)CCc2cc(Br)ccc2C1. The molecule has 1 atom stereocenters. The van der Waals surface area contributed by atoms with Gasteiger partial charge in [-0.15, -0.1) is 0 Å². The van der Waals surface area contributed by atoms with Gasteiger partial charge in [-0.3, -0.25) is 4.90 Å². The Morgan fingerprint density at radius 3 is 3.00 bits per heavy atom. The lowest BCUT2D eigenvalue weighted by atomic mass is 9.77. The maximum Gasteiger partial charge on any atom is 0.0618 e. The summed E-state index contributed by atoms with van der Waals surface area (Å²) in [6, 6.07) is 6.58. The van der Waals surface area contributed by atoms with Crippen molar-refractivity contribution < 1.29 is 5.11 Å². The molecule has 0 amide bonds. The summed E-state index contributed by atoms with van der Waals surface area (Å²) in [4.78, 5) is 2.53. The van der Waals surface area contributed by atoms with Crippen molar-refractivity contribution in [3.8, 4) is 0 Å². The van der Waals surface area contributed by atoms with Crippen molar-refractivity contribution in [2.75, 3.05) is 32.8 Å². The van der Waals surface area contributed by atoms with Gasteiger partial charge in [-0.2, -0.15) is 0 Å². The third-order valence-corrected chi connectivity index (χ3v) is 5.35. The third-order valence-electron chi connectivity index (χ3n) is 4.85. The number of hydrogen-bond acceptors (Lipinski definition) is 3. The molecule has 4 heteroatoms. The molecular weight excluding hydrogens is 316 g/mol. The van der Waals surface area contributed by atoms with Gasteiger partial charge in [-0.05, 0) is 55.5 Å². The highest BCUT2D eigenvalue weighted by atomic mass is 79.9. The number of halogens is 1. The van der Waals surface area contributed by atoms with Crippen LogP contribution in [0.15, 0.2) is 22.7 Å². The minimum atomic E-state index is -0.0488. The van der Waals surface area contributed by atoms with Crippen molar-refractivity contribution >= 4 is 15.9 Å². The van der Waals surface area contributed by atoms with E-state index in [4.69, 9.17) is 0 Å². The van der Waals surface area contributed by atoms with Gasteiger partial charge in [0.25, 0.3) is 0 Å². The Kier molecular flexibility index (Phi) is 4.46. The quantitative estimate of drug-likeness (QED) is 0.865. The molecule has 0 aromatic heterocycles. The van der Waals surface area contributed by atoms with E-state index in [9.17, 15) is 5.11 Å². The lowest BCUT2D eigenvalue weighted by Crippen LogP contribution is -2.56. The van der Waals surface area contributed by atoms with E-state index in [0.29, 0.717) is 0 Å². The Bertz CT molecular complexity index is 472. The zero-order chi connectivity index (χ0) is 14.0. The molecule has 1 aromatic carbocycles. The fourth-order valence-electron chi connectivity index (χ4n) is 3.63. The standard InChI is InChI=1S/C16H23BrN2O/c17-15-3-2-14-11-16(12-20,5-4-13(14)10-15)19-8-1-6-18-7-9-19/h2-3,10,18,20H,1,4-9,11-12H2. The van der Waals surface area contributed by atoms with Crippen molar-refractivity contribution in [2.24, 2.45) is 0 Å². The predicted molar refractivity (Wildman–Crippen MR) is 85.0 cm³/mol. The van der Waals surface area contributed by atoms with Gasteiger partial charge in [0.1, 0.15) is 0 Å². The molecule has 0 radical (unpaired) electrons. The van der Waals surface area contributed by atoms with E-state index in [2.05, 4.69) is 44.3 Å². The van der Waals surface area contributed by atoms with Gasteiger partial charge in [0.15, 0.2) is 0 Å². The van der Waals surface area contributed by atoms with Crippen LogP contribution in [0.3, 0.4) is 0 Å². The van der Waals surface area contributed by atoms with Crippen molar-refractivity contribution in [3.05, 3.63) is 33.8 Å². The molecule has 1 heterocycles. The molecule has 20 heavy (non-hydrogen) atoms. The van der Waals surface area contributed by atoms with Gasteiger partial charge < -0.3 is 10.4 Å². The molecule has 1 saturated heterocycles. The summed E-state index contributed by atoms with van der Waals surface area (Å²) in [6.07, 6.45) is 4.28. The van der Waals surface area contributed by atoms with Crippen LogP contribution in [0.25, 0.3) is 0 Å². The van der Waals surface area contributed by atoms with Gasteiger partial charge in [0.2, 0.25) is 0 Å². The number of fused-ring (bicyclic) bond motifs is 1. The Morgan fingerprint density at radius 2 is 2.15 bits per heavy atom. The molecule has 0 bridgehead atoms. The summed E-state index contributed by atoms with van der Waals surface area (Å²) >= 11 is 3.55. The third kappa shape index (κ3) is 2.80. The Labute approximate surface area is 129 Å². The van der Waals surface area contributed by atoms with Crippen LogP contribution in [0.4, 0.5) is 0 Å². The minimum absolute atomic E-state index is 0.0488. The number of nitrogens with zero attached hydrogens (tertiary/aromatic N) is 1. The monoisotopic (exact) mass is 338 g/mol. The van der Waals surface area contributed by atoms with E-state index in [1.165, 1.54) is 17.5 Å². The number of aryl methyl sites for hydroxylation is 1. The zero-order valence-electron chi connectivity index (χ0n) is 11.9. The number of benzene rings is 1. The largest absolute Gasteiger partial charge is 0.394 e. The van der Waals surface area contributed by atoms with Gasteiger partial charge in [-0.1, -0.05) is 22.0 Å². The molecule has 3 nitrogen and oxygen atoms in total. The Balaban J connectivity index is 1.85. The molecular formula is C16H23BrN2O. The topological polar surface area (TPSA) is 35.5 Å². The number of aliphatic hydroxyl groups is 1. The van der Waals surface area contributed by atoms with E-state index in [-0.39, 0.29) is 12.1 Å². The van der Waals surface area contributed by atoms with Crippen LogP contribution < -0.4 is 5.32 Å². The van der Waals surface area contributed by atoms with Crippen LogP contribution in [-0.2, 0) is 12.8 Å². The van der Waals surface area contributed by atoms with Crippen LogP contribution in [-0.4, -0.2) is 48.3 Å². The van der Waals surface area contributed by atoms with Crippen molar-refractivity contribution in [1.82, 2.24) is 10.2 Å². The Hall–Kier alpha value is -0.420. The van der Waals surface area contributed by atoms with Crippen LogP contribution >= 0.6 is 15.9 Å². The van der Waals surface area contributed by atoms with E-state index >= 15 is 0 Å². The summed E-state index contributed by atoms with van der Waals surface area (Å²) in [5.41, 5.74) is 2.80. The van der Waals surface area contributed by atoms with Crippen molar-refractivity contribution in [1.29, 1.82) is 0 Å². The molecule has 2 N–H and O–H groups in total. The maximum absolute atomic E-state index is 10.1. The summed E-state index contributed by atoms with van der Waals surface area (Å²) in [7, 11) is 0. The average molecular weight is 339 g/mol. The van der Waals surface area contributed by atoms with E-state index in [1.807, 2.05) is 0 Å². The smallest absolute Gasteiger partial charge is 0.0618 e. The molecule has 1 aliphatic carbocycles. The predicted octanol–water partition coefficient (Wildman–Crippen LogP) is 1.96. The van der Waals surface area contributed by atoms with Crippen molar-refractivity contribution in [3.63, 3.8) is 0 Å². The highest BCUT2D eigenvalue weighted by Crippen LogP contribution is 2.34. The van der Waals surface area contributed by atoms with Crippen LogP contribution in [0.1, 0.15) is 24.0 Å². The highest BCUT2D eigenvalue weighted by Gasteiger charge is 2.39. The zero-order valence-corrected chi connectivity index (χ0v) is 13.5. The summed E-state index contributed by atoms with van der Waals surface area (Å²) in [5, 5.41) is 13.5. The minimum Gasteiger partial charge on any atom is -0.394 e. The number of hydrogen-bond donors (Lipinski definition) is 2. The van der Waals surface area contributed by atoms with Crippen molar-refractivity contribution in [2.45, 2.75) is 31.2 Å². The van der Waals surface area contributed by atoms with Crippen LogP contribution in [0, 0.1) is 0 Å². The summed E-state index contributed by atoms with van der Waals surface area (Å²) in [5.74, 6) is 0. The molecule has 3 rings (SSSR count). The number of nitrogens with one attached hydrogen (secondary N) is 1. The van der Waals surface area contributed by atoms with Crippen LogP contribution in [0.5, 0.6) is 0 Å². The van der Waals surface area contributed by atoms with E-state index in [0.717, 1.165) is 49.9 Å². The molecule has 2 aliphatic rings. The molecule has 1 fully saturated rings. The Morgan fingerprint density at radius 1 is 1.25 bits per heavy atom. The first-order valence-electron chi connectivity index (χ1n) is 7.57. The average Bonchev–Trinajstić information content (AvgIpc) is 2.76. The highest BCUT2D eigenvalue weighted by molar-refractivity contribution is 9.10. The number of rotatable bonds is 2. The normalized spacial score (nSPS) is 27.9. The molecule has 0 spiro atoms. The lowest BCUT2D eigenvalue weighted by molar-refractivity contribution is 0.0222. The molecule has 0 saturated carbocycles.